The molecule has 0 unspecified atom stereocenters. The van der Waals surface area contributed by atoms with E-state index in [1.54, 1.807) is 0 Å². The first-order valence-electron chi connectivity index (χ1n) is 8.24. The number of carbonyl (C=O) groups is 1. The van der Waals surface area contributed by atoms with Crippen LogP contribution in [0.4, 0.5) is 0 Å². The maximum absolute atomic E-state index is 10.3. The SMILES string of the molecule is CC/C=C\C/C=C/C/C=C\C/C=C\C/C=C\CCCC(=O)O. The van der Waals surface area contributed by atoms with Crippen LogP contribution in [0.2, 0.25) is 0 Å². The van der Waals surface area contributed by atoms with Gasteiger partial charge in [-0.3, -0.25) is 4.79 Å². The molecule has 0 radical (unpaired) electrons. The number of carboxylic acids is 1. The van der Waals surface area contributed by atoms with Crippen molar-refractivity contribution < 1.29 is 9.90 Å². The van der Waals surface area contributed by atoms with Gasteiger partial charge in [0.1, 0.15) is 0 Å². The molecule has 2 nitrogen and oxygen atoms in total. The number of carboxylic acid groups (broad SMARTS) is 1. The number of hydrogen-bond acceptors (Lipinski definition) is 1. The molecule has 0 saturated heterocycles. The van der Waals surface area contributed by atoms with E-state index in [0.29, 0.717) is 0 Å². The fourth-order valence-electron chi connectivity index (χ4n) is 1.74. The number of rotatable bonds is 13. The third-order valence-electron chi connectivity index (χ3n) is 2.92. The monoisotopic (exact) mass is 302 g/mol. The maximum Gasteiger partial charge on any atom is 0.303 e. The van der Waals surface area contributed by atoms with Gasteiger partial charge in [0.15, 0.2) is 0 Å². The molecule has 0 amide bonds. The van der Waals surface area contributed by atoms with Gasteiger partial charge in [-0.05, 0) is 44.9 Å². The van der Waals surface area contributed by atoms with Gasteiger partial charge in [0, 0.05) is 6.42 Å². The van der Waals surface area contributed by atoms with Crippen molar-refractivity contribution in [3.8, 4) is 0 Å². The van der Waals surface area contributed by atoms with Crippen molar-refractivity contribution >= 4 is 5.97 Å². The summed E-state index contributed by atoms with van der Waals surface area (Å²) in [4.78, 5) is 10.3. The van der Waals surface area contributed by atoms with Crippen molar-refractivity contribution in [1.82, 2.24) is 0 Å². The summed E-state index contributed by atoms with van der Waals surface area (Å²) >= 11 is 0. The van der Waals surface area contributed by atoms with E-state index in [0.717, 1.165) is 44.9 Å². The molecule has 0 bridgehead atoms. The first kappa shape index (κ1) is 20.2. The van der Waals surface area contributed by atoms with Crippen LogP contribution in [0.3, 0.4) is 0 Å². The molecule has 0 spiro atoms. The highest BCUT2D eigenvalue weighted by Crippen LogP contribution is 1.99. The van der Waals surface area contributed by atoms with Crippen LogP contribution >= 0.6 is 0 Å². The second kappa shape index (κ2) is 17.2. The number of hydrogen-bond donors (Lipinski definition) is 1. The highest BCUT2D eigenvalue weighted by Gasteiger charge is 1.92. The Morgan fingerprint density at radius 3 is 1.55 bits per heavy atom. The highest BCUT2D eigenvalue weighted by atomic mass is 16.4. The standard InChI is InChI=1S/C20H30O2/c1-2-3-4-5-6-7-8-9-10-11-12-13-14-15-16-17-18-19-20(21)22/h3-4,6-7,9-10,12-13,15-16H,2,5,8,11,14,17-19H2,1H3,(H,21,22)/b4-3-,7-6+,10-9-,13-12-,16-15-. The first-order valence-corrected chi connectivity index (χ1v) is 8.24. The molecule has 0 atom stereocenters. The molecular weight excluding hydrogens is 272 g/mol. The molecule has 0 saturated carbocycles. The lowest BCUT2D eigenvalue weighted by atomic mass is 10.2. The Hall–Kier alpha value is -1.83. The molecule has 22 heavy (non-hydrogen) atoms. The topological polar surface area (TPSA) is 37.3 Å². The average molecular weight is 302 g/mol. The second-order valence-corrected chi connectivity index (χ2v) is 4.99. The highest BCUT2D eigenvalue weighted by molar-refractivity contribution is 5.66. The van der Waals surface area contributed by atoms with Crippen LogP contribution in [0.25, 0.3) is 0 Å². The Labute approximate surface area is 135 Å². The molecule has 0 fully saturated rings. The summed E-state index contributed by atoms with van der Waals surface area (Å²) in [6, 6.07) is 0. The Morgan fingerprint density at radius 2 is 1.14 bits per heavy atom. The van der Waals surface area contributed by atoms with Crippen molar-refractivity contribution in [1.29, 1.82) is 0 Å². The van der Waals surface area contributed by atoms with Crippen molar-refractivity contribution in [2.24, 2.45) is 0 Å². The van der Waals surface area contributed by atoms with Crippen LogP contribution in [-0.2, 0) is 4.79 Å². The van der Waals surface area contributed by atoms with E-state index in [1.807, 2.05) is 0 Å². The molecule has 0 aromatic carbocycles. The van der Waals surface area contributed by atoms with Gasteiger partial charge in [0.2, 0.25) is 0 Å². The van der Waals surface area contributed by atoms with Crippen molar-refractivity contribution in [2.75, 3.05) is 0 Å². The van der Waals surface area contributed by atoms with E-state index < -0.39 is 5.97 Å². The zero-order chi connectivity index (χ0) is 16.3. The molecule has 2 heteroatoms. The summed E-state index contributed by atoms with van der Waals surface area (Å²) in [5.74, 6) is -0.715. The normalized spacial score (nSPS) is 12.8. The summed E-state index contributed by atoms with van der Waals surface area (Å²) in [5, 5.41) is 8.49. The molecule has 122 valence electrons. The third kappa shape index (κ3) is 18.2. The Bertz CT molecular complexity index is 398. The summed E-state index contributed by atoms with van der Waals surface area (Å²) < 4.78 is 0. The van der Waals surface area contributed by atoms with Crippen LogP contribution < -0.4 is 0 Å². The van der Waals surface area contributed by atoms with Crippen molar-refractivity contribution in [3.63, 3.8) is 0 Å². The van der Waals surface area contributed by atoms with Gasteiger partial charge in [-0.15, -0.1) is 0 Å². The van der Waals surface area contributed by atoms with Crippen LogP contribution in [0.5, 0.6) is 0 Å². The summed E-state index contributed by atoms with van der Waals surface area (Å²) in [7, 11) is 0. The molecule has 0 aliphatic heterocycles. The third-order valence-corrected chi connectivity index (χ3v) is 2.92. The first-order chi connectivity index (χ1) is 10.8. The largest absolute Gasteiger partial charge is 0.481 e. The van der Waals surface area contributed by atoms with E-state index in [-0.39, 0.29) is 6.42 Å². The molecule has 0 rings (SSSR count). The van der Waals surface area contributed by atoms with E-state index in [1.165, 1.54) is 0 Å². The lowest BCUT2D eigenvalue weighted by Gasteiger charge is -1.89. The summed E-state index contributed by atoms with van der Waals surface area (Å²) in [6.45, 7) is 2.14. The van der Waals surface area contributed by atoms with Gasteiger partial charge < -0.3 is 5.11 Å². The van der Waals surface area contributed by atoms with E-state index in [4.69, 9.17) is 5.11 Å². The van der Waals surface area contributed by atoms with Gasteiger partial charge >= 0.3 is 5.97 Å². The quantitative estimate of drug-likeness (QED) is 0.335. The Balaban J connectivity index is 3.46. The average Bonchev–Trinajstić information content (AvgIpc) is 2.50. The summed E-state index contributed by atoms with van der Waals surface area (Å²) in [5.41, 5.74) is 0. The van der Waals surface area contributed by atoms with E-state index in [9.17, 15) is 4.79 Å². The molecule has 0 aliphatic carbocycles. The molecule has 0 aromatic rings. The number of unbranched alkanes of at least 4 members (excludes halogenated alkanes) is 1. The molecule has 0 aromatic heterocycles. The molecular formula is C20H30O2. The van der Waals surface area contributed by atoms with Crippen molar-refractivity contribution in [2.45, 2.75) is 58.3 Å². The predicted octanol–water partition coefficient (Wildman–Crippen LogP) is 5.99. The van der Waals surface area contributed by atoms with Crippen molar-refractivity contribution in [3.05, 3.63) is 60.8 Å². The fraction of sp³-hybridized carbons (Fsp3) is 0.450. The Morgan fingerprint density at radius 1 is 0.727 bits per heavy atom. The zero-order valence-electron chi connectivity index (χ0n) is 13.8. The van der Waals surface area contributed by atoms with Gasteiger partial charge in [0.25, 0.3) is 0 Å². The minimum atomic E-state index is -0.715. The van der Waals surface area contributed by atoms with E-state index >= 15 is 0 Å². The number of aliphatic carboxylic acids is 1. The zero-order valence-corrected chi connectivity index (χ0v) is 13.8. The minimum Gasteiger partial charge on any atom is -0.481 e. The van der Waals surface area contributed by atoms with Gasteiger partial charge in [-0.25, -0.2) is 0 Å². The fourth-order valence-corrected chi connectivity index (χ4v) is 1.74. The predicted molar refractivity (Wildman–Crippen MR) is 95.9 cm³/mol. The van der Waals surface area contributed by atoms with Crippen LogP contribution in [0.15, 0.2) is 60.8 Å². The van der Waals surface area contributed by atoms with Crippen LogP contribution in [-0.4, -0.2) is 11.1 Å². The lowest BCUT2D eigenvalue weighted by Crippen LogP contribution is -1.92. The molecule has 0 heterocycles. The van der Waals surface area contributed by atoms with Gasteiger partial charge in [-0.1, -0.05) is 67.7 Å². The minimum absolute atomic E-state index is 0.258. The van der Waals surface area contributed by atoms with Crippen LogP contribution in [0.1, 0.15) is 58.3 Å². The Kier molecular flexibility index (Phi) is 15.8. The molecule has 1 N–H and O–H groups in total. The number of allylic oxidation sites excluding steroid dienone is 10. The van der Waals surface area contributed by atoms with Gasteiger partial charge in [0.05, 0.1) is 0 Å². The molecule has 0 aliphatic rings. The van der Waals surface area contributed by atoms with Gasteiger partial charge in [-0.2, -0.15) is 0 Å². The second-order valence-electron chi connectivity index (χ2n) is 4.99. The van der Waals surface area contributed by atoms with Crippen LogP contribution in [0, 0.1) is 0 Å². The lowest BCUT2D eigenvalue weighted by molar-refractivity contribution is -0.137. The maximum atomic E-state index is 10.3. The smallest absolute Gasteiger partial charge is 0.303 e. The van der Waals surface area contributed by atoms with E-state index in [2.05, 4.69) is 67.7 Å². The summed E-state index contributed by atoms with van der Waals surface area (Å²) in [6.07, 6.45) is 28.4.